The van der Waals surface area contributed by atoms with Gasteiger partial charge in [0.2, 0.25) is 0 Å². The predicted octanol–water partition coefficient (Wildman–Crippen LogP) is 22.0. The van der Waals surface area contributed by atoms with Crippen molar-refractivity contribution in [2.45, 2.75) is 34.6 Å². The second-order valence-corrected chi connectivity index (χ2v) is 25.7. The molecule has 24 heteroatoms. The van der Waals surface area contributed by atoms with E-state index in [9.17, 15) is 19.8 Å². The molecule has 0 unspecified atom stereocenters. The number of phenolic OH excluding ortho intramolecular Hbond substituents is 2. The summed E-state index contributed by atoms with van der Waals surface area (Å²) in [6, 6.07) is 121. The van der Waals surface area contributed by atoms with Crippen molar-refractivity contribution in [2.24, 2.45) is 0 Å². The topological polar surface area (TPSA) is 279 Å². The van der Waals surface area contributed by atoms with E-state index in [0.717, 1.165) is 61.8 Å². The minimum Gasteiger partial charge on any atom is -0.545 e. The van der Waals surface area contributed by atoms with E-state index in [1.807, 2.05) is 273 Å². The first-order chi connectivity index (χ1) is 58.6. The molecule has 0 aliphatic rings. The molecule has 18 rings (SSSR count). The van der Waals surface area contributed by atoms with Gasteiger partial charge in [-0.05, 0) is 180 Å². The Morgan fingerprint density at radius 2 is 0.675 bits per heavy atom. The first kappa shape index (κ1) is 108. The number of carbonyl (C=O) groups is 2. The number of aliphatic hydroxyl groups is 2. The van der Waals surface area contributed by atoms with Gasteiger partial charge in [-0.2, -0.15) is 0 Å². The summed E-state index contributed by atoms with van der Waals surface area (Å²) >= 11 is 0. The molecule has 0 bridgehead atoms. The molecule has 0 aliphatic heterocycles. The molecule has 18 nitrogen and oxygen atoms in total. The van der Waals surface area contributed by atoms with Crippen LogP contribution in [0.15, 0.2) is 376 Å². The molecule has 0 aliphatic carbocycles. The number of nitrogens with zero attached hydrogens (tertiary/aromatic N) is 10. The molecular formula is C102H81Ir4N10O8OsPt-7. The van der Waals surface area contributed by atoms with E-state index in [2.05, 4.69) is 136 Å². The van der Waals surface area contributed by atoms with Gasteiger partial charge in [0.25, 0.3) is 0 Å². The van der Waals surface area contributed by atoms with E-state index in [4.69, 9.17) is 19.8 Å². The molecule has 8 heterocycles. The molecule has 0 atom stereocenters. The van der Waals surface area contributed by atoms with Crippen LogP contribution in [0.1, 0.15) is 33.5 Å². The Labute approximate surface area is 814 Å². The van der Waals surface area contributed by atoms with Crippen LogP contribution in [0.25, 0.3) is 134 Å². The van der Waals surface area contributed by atoms with Crippen LogP contribution in [0.4, 0.5) is 0 Å². The van der Waals surface area contributed by atoms with Gasteiger partial charge in [0, 0.05) is 169 Å². The summed E-state index contributed by atoms with van der Waals surface area (Å²) in [5.74, 6) is 1.52. The normalized spacial score (nSPS) is 9.82. The average molecular weight is 2730 g/mol. The molecule has 4 N–H and O–H groups in total. The first-order valence-electron chi connectivity index (χ1n) is 37.4. The number of benzene rings is 10. The fourth-order valence-electron chi connectivity index (χ4n) is 11.6. The van der Waals surface area contributed by atoms with Crippen molar-refractivity contribution in [2.75, 3.05) is 0 Å². The molecule has 648 valence electrons. The number of fused-ring (bicyclic) bond motifs is 4. The summed E-state index contributed by atoms with van der Waals surface area (Å²) in [5.41, 5.74) is 15.0. The summed E-state index contributed by atoms with van der Waals surface area (Å²) in [7, 11) is 0. The zero-order valence-corrected chi connectivity index (χ0v) is 82.6. The zero-order chi connectivity index (χ0) is 85.2. The maximum Gasteiger partial charge on any atom is 0.155 e. The van der Waals surface area contributed by atoms with Gasteiger partial charge in [-0.1, -0.05) is 152 Å². The smallest absolute Gasteiger partial charge is 0.155 e. The number of aromatic nitrogens is 10. The van der Waals surface area contributed by atoms with E-state index in [1.54, 1.807) is 37.4 Å². The van der Waals surface area contributed by atoms with Crippen LogP contribution in [0, 0.1) is 31.2 Å². The maximum atomic E-state index is 10.1. The average Bonchev–Trinajstić information content (AvgIpc) is 1.11. The van der Waals surface area contributed by atoms with E-state index in [0.29, 0.717) is 45.6 Å². The SMILES string of the molecule is CC(=O)C=C(C)O.CC(=O)C=C(C)O.Cc1n[n-]c(-c2ccccn2)n1.Oc1ccccc1-c1cccc(-c2cccc(-c3ccccc3O)n2)n1.[CH-]=O.[CH-]=O.[Ir].[Ir].[Ir].[Ir].[Os].[Pt].[c-]1ccccc1-c1ccc2ccccc2n1.[c-]1ccccc1-c1ccc2ccccc2n1.[c-]1ccccc1-c1nccc2ccccc12.[c-]1ccccc1-c1nccc2ccccc12. The van der Waals surface area contributed by atoms with Gasteiger partial charge in [0.1, 0.15) is 11.5 Å². The number of aliphatic hydroxyl groups excluding tert-OH is 2. The van der Waals surface area contributed by atoms with Crippen molar-refractivity contribution in [3.8, 4) is 102 Å². The van der Waals surface area contributed by atoms with Crippen LogP contribution in [0.3, 0.4) is 0 Å². The molecule has 18 aromatic rings. The Kier molecular flexibility index (Phi) is 50.3. The monoisotopic (exact) mass is 2730 g/mol. The molecule has 0 fully saturated rings. The van der Waals surface area contributed by atoms with Crippen molar-refractivity contribution in [3.05, 3.63) is 406 Å². The number of rotatable bonds is 10. The Morgan fingerprint density at radius 1 is 0.333 bits per heavy atom. The second kappa shape index (κ2) is 58.8. The van der Waals surface area contributed by atoms with Gasteiger partial charge >= 0.3 is 0 Å². The quantitative estimate of drug-likeness (QED) is 0.0428. The third-order valence-electron chi connectivity index (χ3n) is 16.8. The number of allylic oxidation sites excluding steroid dienone is 4. The van der Waals surface area contributed by atoms with Gasteiger partial charge in [-0.25, -0.2) is 9.97 Å². The summed E-state index contributed by atoms with van der Waals surface area (Å²) in [6.45, 7) is 14.0. The number of hydrogen-bond donors (Lipinski definition) is 4. The molecule has 126 heavy (non-hydrogen) atoms. The molecule has 8 aromatic heterocycles. The third kappa shape index (κ3) is 34.0. The van der Waals surface area contributed by atoms with Gasteiger partial charge in [-0.3, -0.25) is 43.2 Å². The van der Waals surface area contributed by atoms with Crippen LogP contribution in [0.5, 0.6) is 11.5 Å². The van der Waals surface area contributed by atoms with Gasteiger partial charge in [0.15, 0.2) is 11.6 Å². The van der Waals surface area contributed by atoms with Crippen molar-refractivity contribution < 1.29 is 161 Å². The van der Waals surface area contributed by atoms with Crippen molar-refractivity contribution >= 4 is 68.5 Å². The molecule has 0 spiro atoms. The molecule has 0 saturated carbocycles. The van der Waals surface area contributed by atoms with Crippen LogP contribution < -0.4 is 5.10 Å². The zero-order valence-electron chi connectivity index (χ0n) is 68.2. The van der Waals surface area contributed by atoms with E-state index in [1.165, 1.54) is 72.2 Å². The molecule has 0 amide bonds. The largest absolute Gasteiger partial charge is 0.545 e. The minimum absolute atomic E-state index is 0. The van der Waals surface area contributed by atoms with Crippen LogP contribution in [-0.2, 0) is 140 Å². The molecular weight excluding hydrogens is 2650 g/mol. The Balaban J connectivity index is 0.000000376. The Morgan fingerprint density at radius 3 is 1.02 bits per heavy atom. The van der Waals surface area contributed by atoms with Crippen LogP contribution >= 0.6 is 0 Å². The molecule has 0 saturated heterocycles. The third-order valence-corrected chi connectivity index (χ3v) is 16.8. The van der Waals surface area contributed by atoms with Crippen LogP contribution in [-0.4, -0.2) is 90.5 Å². The van der Waals surface area contributed by atoms with E-state index in [-0.39, 0.29) is 156 Å². The van der Waals surface area contributed by atoms with E-state index >= 15 is 0 Å². The standard InChI is InChI=1S/C22H16N2O2.4C15H10N.C8H7N4.2C5H8O2.2CHO.4Ir.Os.Pt/c25-21-13-3-1-7-15(21)17-9-5-11-19(23-17)20-12-6-10-18(24-20)16-8-2-4-14-22(16)26;2*1-2-7-13(8-3-1)15-14-9-5-4-6-12(14)10-11-16-15;2*1-2-6-12(7-3-1)15-11-10-13-8-4-5-9-14(13)16-15;1-6-10-8(12-11-6)7-4-2-3-5-9-7;2*1-4(6)3-5(2)7;2*1-2;;;;;;/h1-14,25-26H;2*1-7,9-11H;2*1-6,8-11H;2-5H,1H3;2*3,6H,1-2H3;2*1H;;;;;;/q;5*-1;;;2*-1;;;;;;. The summed E-state index contributed by atoms with van der Waals surface area (Å²) in [6.07, 6.45) is 7.73. The van der Waals surface area contributed by atoms with Gasteiger partial charge in [0.05, 0.1) is 51.0 Å². The number of para-hydroxylation sites is 4. The Hall–Kier alpha value is -12.3. The summed E-state index contributed by atoms with van der Waals surface area (Å²) in [5, 5.41) is 51.6. The number of hydrogen-bond acceptors (Lipinski definition) is 17. The minimum atomic E-state index is -0.125. The van der Waals surface area contributed by atoms with Crippen molar-refractivity contribution in [3.63, 3.8) is 0 Å². The number of phenols is 2. The number of aromatic hydroxyl groups is 2. The number of ketones is 2. The number of carbonyl (C=O) groups excluding carboxylic acids is 4. The molecule has 10 aromatic carbocycles. The molecule has 4 radical (unpaired) electrons. The second-order valence-electron chi connectivity index (χ2n) is 25.7. The van der Waals surface area contributed by atoms with Crippen LogP contribution in [0.2, 0.25) is 0 Å². The predicted molar refractivity (Wildman–Crippen MR) is 477 cm³/mol. The van der Waals surface area contributed by atoms with E-state index < -0.39 is 0 Å². The van der Waals surface area contributed by atoms with Gasteiger partial charge < -0.3 is 50.1 Å². The first-order valence-corrected chi connectivity index (χ1v) is 37.4. The fraction of sp³-hybridized carbons (Fsp3) is 0.0490. The summed E-state index contributed by atoms with van der Waals surface area (Å²) < 4.78 is 0. The fourth-order valence-corrected chi connectivity index (χ4v) is 11.6. The van der Waals surface area contributed by atoms with Crippen molar-refractivity contribution in [1.29, 1.82) is 0 Å². The maximum absolute atomic E-state index is 10.1. The van der Waals surface area contributed by atoms with Crippen molar-refractivity contribution in [1.82, 2.24) is 50.1 Å². The summed E-state index contributed by atoms with van der Waals surface area (Å²) in [4.78, 5) is 71.1. The number of pyridine rings is 7. The Bertz CT molecular complexity index is 5980. The van der Waals surface area contributed by atoms with Gasteiger partial charge in [-0.15, -0.1) is 144 Å². The number of aryl methyl sites for hydroxylation is 1.